The molecule has 0 amide bonds. The molecule has 56 heavy (non-hydrogen) atoms. The Balaban J connectivity index is 0.000000151. The number of rotatable bonds is 6. The zero-order valence-electron chi connectivity index (χ0n) is 32.8. The first-order valence-electron chi connectivity index (χ1n) is 20.5. The number of hydrogen-bond donors (Lipinski definition) is 0. The SMILES string of the molecule is C[Si]C.[Cl][Zr+2][Cl].c1ccc2cc(-c3cccc4[cH-]c(CC5CCCC5)cc34)ccc2c1.c1ccc2cc(-c3cccc4[cH-]c(CC5CCCC5)cc34)ccc2c1. The fourth-order valence-corrected chi connectivity index (χ4v) is 9.14. The van der Waals surface area contributed by atoms with Gasteiger partial charge in [0, 0.05) is 9.52 Å². The van der Waals surface area contributed by atoms with Gasteiger partial charge < -0.3 is 0 Å². The van der Waals surface area contributed by atoms with Gasteiger partial charge in [0.05, 0.1) is 0 Å². The molecule has 0 atom stereocenters. The van der Waals surface area contributed by atoms with E-state index in [0.29, 0.717) is 0 Å². The molecule has 2 aliphatic carbocycles. The van der Waals surface area contributed by atoms with Crippen LogP contribution in [0.3, 0.4) is 0 Å². The third-order valence-electron chi connectivity index (χ3n) is 11.7. The molecule has 2 fully saturated rings. The zero-order valence-corrected chi connectivity index (χ0v) is 37.8. The van der Waals surface area contributed by atoms with Gasteiger partial charge >= 0.3 is 37.9 Å². The van der Waals surface area contributed by atoms with Gasteiger partial charge in [-0.05, 0) is 69.5 Å². The minimum atomic E-state index is -0.826. The van der Waals surface area contributed by atoms with Crippen molar-refractivity contribution in [3.8, 4) is 22.3 Å². The van der Waals surface area contributed by atoms with E-state index in [4.69, 9.17) is 17.0 Å². The van der Waals surface area contributed by atoms with E-state index in [2.05, 4.69) is 159 Å². The van der Waals surface area contributed by atoms with E-state index >= 15 is 0 Å². The van der Waals surface area contributed by atoms with Gasteiger partial charge in [-0.2, -0.15) is 12.1 Å². The van der Waals surface area contributed by atoms with Crippen molar-refractivity contribution in [3.05, 3.63) is 157 Å². The molecule has 282 valence electrons. The van der Waals surface area contributed by atoms with Crippen molar-refractivity contribution in [1.82, 2.24) is 0 Å². The minimum Gasteiger partial charge on any atom is -0.164 e. The average molecular weight is 867 g/mol. The monoisotopic (exact) mass is 864 g/mol. The van der Waals surface area contributed by atoms with Gasteiger partial charge in [0.1, 0.15) is 0 Å². The van der Waals surface area contributed by atoms with Crippen LogP contribution in [-0.4, -0.2) is 9.52 Å². The van der Waals surface area contributed by atoms with Gasteiger partial charge in [0.2, 0.25) is 0 Å². The largest absolute Gasteiger partial charge is 0.164 e. The smallest absolute Gasteiger partial charge is 0.0178 e. The Kier molecular flexibility index (Phi) is 14.9. The van der Waals surface area contributed by atoms with E-state index in [1.807, 2.05) is 0 Å². The van der Waals surface area contributed by atoms with Crippen LogP contribution >= 0.6 is 17.0 Å². The molecule has 2 saturated carbocycles. The molecule has 0 heterocycles. The van der Waals surface area contributed by atoms with E-state index < -0.39 is 20.8 Å². The predicted octanol–water partition coefficient (Wildman–Crippen LogP) is 16.4. The van der Waals surface area contributed by atoms with Crippen LogP contribution in [0.2, 0.25) is 13.1 Å². The minimum absolute atomic E-state index is 0.826. The van der Waals surface area contributed by atoms with Crippen LogP contribution in [0.5, 0.6) is 0 Å². The number of halogens is 2. The van der Waals surface area contributed by atoms with Crippen LogP contribution in [0.15, 0.2) is 146 Å². The molecule has 2 aliphatic rings. The number of fused-ring (bicyclic) bond motifs is 4. The van der Waals surface area contributed by atoms with E-state index in [1.54, 1.807) is 0 Å². The van der Waals surface area contributed by atoms with Gasteiger partial charge in [0.15, 0.2) is 0 Å². The second kappa shape index (κ2) is 20.4. The first kappa shape index (κ1) is 40.9. The standard InChI is InChI=1S/2C25H23.C2H6Si.2ClH.Zr/c2*1-2-7-18(6-1)14-19-15-22-10-5-11-24(25(22)16-19)23-13-12-20-8-3-4-9-21(20)17-23;1-3-2;;;/h2*3-5,8-13,15-18H,1-2,6-7,14H2;1-2H3;2*1H;/q2*-1;;;;+4/p-2. The molecule has 0 saturated heterocycles. The van der Waals surface area contributed by atoms with E-state index in [0.717, 1.165) is 21.4 Å². The summed E-state index contributed by atoms with van der Waals surface area (Å²) < 4.78 is 0. The summed E-state index contributed by atoms with van der Waals surface area (Å²) in [6.07, 6.45) is 13.9. The molecule has 4 heteroatoms. The molecule has 10 rings (SSSR count). The summed E-state index contributed by atoms with van der Waals surface area (Å²) in [5, 5.41) is 10.8. The molecule has 0 spiro atoms. The van der Waals surface area contributed by atoms with Crippen molar-refractivity contribution in [1.29, 1.82) is 0 Å². The van der Waals surface area contributed by atoms with Crippen LogP contribution in [-0.2, 0) is 33.7 Å². The molecule has 8 aromatic rings. The van der Waals surface area contributed by atoms with E-state index in [-0.39, 0.29) is 0 Å². The second-order valence-electron chi connectivity index (χ2n) is 15.7. The maximum Gasteiger partial charge on any atom is -0.0178 e. The van der Waals surface area contributed by atoms with Gasteiger partial charge in [-0.3, -0.25) is 0 Å². The number of benzene rings is 6. The maximum absolute atomic E-state index is 4.93. The molecule has 0 nitrogen and oxygen atoms in total. The van der Waals surface area contributed by atoms with Gasteiger partial charge in [0.25, 0.3) is 0 Å². The Morgan fingerprint density at radius 3 is 1.27 bits per heavy atom. The summed E-state index contributed by atoms with van der Waals surface area (Å²) in [6, 6.07) is 54.1. The Morgan fingerprint density at radius 1 is 0.500 bits per heavy atom. The third-order valence-corrected chi connectivity index (χ3v) is 11.7. The van der Waals surface area contributed by atoms with Crippen molar-refractivity contribution in [2.24, 2.45) is 11.8 Å². The van der Waals surface area contributed by atoms with Crippen molar-refractivity contribution >= 4 is 69.6 Å². The van der Waals surface area contributed by atoms with Crippen LogP contribution in [0, 0.1) is 11.8 Å². The summed E-state index contributed by atoms with van der Waals surface area (Å²) in [6.45, 7) is 4.31. The molecular formula is C52H52Cl2SiZr. The summed E-state index contributed by atoms with van der Waals surface area (Å²) in [7, 11) is 11.0. The van der Waals surface area contributed by atoms with Crippen molar-refractivity contribution in [2.75, 3.05) is 0 Å². The second-order valence-corrected chi connectivity index (χ2v) is 20.5. The summed E-state index contributed by atoms with van der Waals surface area (Å²) in [4.78, 5) is 0. The van der Waals surface area contributed by atoms with Crippen molar-refractivity contribution in [2.45, 2.75) is 77.3 Å². The first-order valence-corrected chi connectivity index (χ1v) is 28.8. The first-order chi connectivity index (χ1) is 27.6. The van der Waals surface area contributed by atoms with Crippen LogP contribution in [0.4, 0.5) is 0 Å². The predicted molar refractivity (Wildman–Crippen MR) is 245 cm³/mol. The Bertz CT molecular complexity index is 2290. The Morgan fingerprint density at radius 2 is 0.875 bits per heavy atom. The van der Waals surface area contributed by atoms with Crippen LogP contribution in [0.25, 0.3) is 65.3 Å². The Hall–Kier alpha value is -3.26. The van der Waals surface area contributed by atoms with Crippen molar-refractivity contribution in [3.63, 3.8) is 0 Å². The zero-order chi connectivity index (χ0) is 38.7. The molecule has 0 unspecified atom stereocenters. The number of hydrogen-bond acceptors (Lipinski definition) is 0. The van der Waals surface area contributed by atoms with Crippen LogP contribution < -0.4 is 0 Å². The summed E-state index contributed by atoms with van der Waals surface area (Å²) in [5.74, 6) is 1.81. The fourth-order valence-electron chi connectivity index (χ4n) is 9.14. The normalized spacial score (nSPS) is 14.2. The molecule has 2 radical (unpaired) electrons. The quantitative estimate of drug-likeness (QED) is 0.115. The molecule has 0 aromatic heterocycles. The van der Waals surface area contributed by atoms with Crippen LogP contribution in [0.1, 0.15) is 62.5 Å². The molecule has 0 aliphatic heterocycles. The summed E-state index contributed by atoms with van der Waals surface area (Å²) in [5.41, 5.74) is 8.41. The summed E-state index contributed by atoms with van der Waals surface area (Å²) >= 11 is -0.826. The average Bonchev–Trinajstić information content (AvgIpc) is 4.07. The Labute approximate surface area is 355 Å². The topological polar surface area (TPSA) is 0 Å². The molecular weight excluding hydrogens is 815 g/mol. The maximum atomic E-state index is 4.93. The molecule has 8 aromatic carbocycles. The van der Waals surface area contributed by atoms with Crippen molar-refractivity contribution < 1.29 is 20.8 Å². The van der Waals surface area contributed by atoms with E-state index in [1.165, 1.54) is 141 Å². The molecule has 0 N–H and O–H groups in total. The van der Waals surface area contributed by atoms with E-state index in [9.17, 15) is 0 Å². The molecule has 0 bridgehead atoms. The van der Waals surface area contributed by atoms with Gasteiger partial charge in [-0.25, -0.2) is 0 Å². The van der Waals surface area contributed by atoms with Gasteiger partial charge in [-0.15, -0.1) is 69.1 Å². The van der Waals surface area contributed by atoms with Gasteiger partial charge in [-0.1, -0.05) is 161 Å². The third kappa shape index (κ3) is 10.2. The fraction of sp³-hybridized carbons (Fsp3) is 0.269.